The summed E-state index contributed by atoms with van der Waals surface area (Å²) in [4.78, 5) is 12.2. The van der Waals surface area contributed by atoms with Gasteiger partial charge in [-0.25, -0.2) is 8.42 Å². The fraction of sp³-hybridized carbons (Fsp3) is 0.188. The molecule has 0 heterocycles. The molecule has 1 amide bonds. The molecule has 0 saturated carbocycles. The van der Waals surface area contributed by atoms with Crippen molar-refractivity contribution >= 4 is 50.7 Å². The van der Waals surface area contributed by atoms with Crippen LogP contribution in [0.5, 0.6) is 0 Å². The lowest BCUT2D eigenvalue weighted by atomic mass is 10.2. The number of carbonyl (C=O) groups is 1. The summed E-state index contributed by atoms with van der Waals surface area (Å²) in [6.45, 7) is 1.61. The fourth-order valence-corrected chi connectivity index (χ4v) is 3.77. The second-order valence-electron chi connectivity index (χ2n) is 5.25. The molecule has 1 atom stereocenters. The molecule has 134 valence electrons. The van der Waals surface area contributed by atoms with Crippen LogP contribution in [-0.2, 0) is 21.4 Å². The first-order valence-corrected chi connectivity index (χ1v) is 9.80. The Morgan fingerprint density at radius 3 is 2.24 bits per heavy atom. The van der Waals surface area contributed by atoms with Crippen molar-refractivity contribution in [3.05, 3.63) is 63.1 Å². The summed E-state index contributed by atoms with van der Waals surface area (Å²) in [6, 6.07) is 9.59. The number of nitrogens with one attached hydrogen (secondary N) is 2. The molecule has 0 radical (unpaired) electrons. The number of halogens is 3. The van der Waals surface area contributed by atoms with Crippen LogP contribution in [0.25, 0.3) is 0 Å². The molecule has 2 N–H and O–H groups in total. The Hall–Kier alpha value is -1.31. The number of hydrogen-bond donors (Lipinski definition) is 2. The molecule has 0 bridgehead atoms. The third kappa shape index (κ3) is 5.59. The van der Waals surface area contributed by atoms with E-state index < -0.39 is 22.0 Å². The van der Waals surface area contributed by atoms with E-state index in [-0.39, 0.29) is 11.4 Å². The first kappa shape index (κ1) is 20.0. The number of sulfonamides is 1. The zero-order valence-electron chi connectivity index (χ0n) is 13.1. The highest BCUT2D eigenvalue weighted by Crippen LogP contribution is 2.20. The highest BCUT2D eigenvalue weighted by molar-refractivity contribution is 7.89. The second kappa shape index (κ2) is 8.38. The molecule has 2 aromatic rings. The third-order valence-corrected chi connectivity index (χ3v) is 5.71. The lowest BCUT2D eigenvalue weighted by molar-refractivity contribution is -0.122. The van der Waals surface area contributed by atoms with Gasteiger partial charge in [-0.1, -0.05) is 40.9 Å². The van der Waals surface area contributed by atoms with Crippen molar-refractivity contribution in [3.8, 4) is 0 Å². The van der Waals surface area contributed by atoms with E-state index in [0.717, 1.165) is 0 Å². The van der Waals surface area contributed by atoms with Gasteiger partial charge in [0.15, 0.2) is 0 Å². The standard InChI is InChI=1S/C16H15Cl3N2O3S/c1-10(21-25(23,24)14-6-4-12(17)5-7-14)16(22)20-9-11-2-3-13(18)8-15(11)19/h2-8,10,21H,9H2,1H3,(H,20,22)/t10-/m1/s1. The lowest BCUT2D eigenvalue weighted by Crippen LogP contribution is -2.44. The maximum absolute atomic E-state index is 12.3. The first-order chi connectivity index (χ1) is 11.7. The van der Waals surface area contributed by atoms with Gasteiger partial charge < -0.3 is 5.32 Å². The van der Waals surface area contributed by atoms with E-state index in [4.69, 9.17) is 34.8 Å². The molecule has 2 rings (SSSR count). The Morgan fingerprint density at radius 2 is 1.64 bits per heavy atom. The summed E-state index contributed by atoms with van der Waals surface area (Å²) >= 11 is 17.6. The van der Waals surface area contributed by atoms with Gasteiger partial charge in [0.2, 0.25) is 15.9 Å². The predicted molar refractivity (Wildman–Crippen MR) is 99.5 cm³/mol. The molecule has 0 fully saturated rings. The maximum Gasteiger partial charge on any atom is 0.241 e. The highest BCUT2D eigenvalue weighted by atomic mass is 35.5. The molecule has 2 aromatic carbocycles. The quantitative estimate of drug-likeness (QED) is 0.748. The number of benzene rings is 2. The fourth-order valence-electron chi connectivity index (χ4n) is 1.97. The predicted octanol–water partition coefficient (Wildman–Crippen LogP) is 3.63. The average Bonchev–Trinajstić information content (AvgIpc) is 2.53. The van der Waals surface area contributed by atoms with E-state index in [1.165, 1.54) is 31.2 Å². The van der Waals surface area contributed by atoms with Crippen molar-refractivity contribution in [1.82, 2.24) is 10.0 Å². The van der Waals surface area contributed by atoms with E-state index in [1.54, 1.807) is 18.2 Å². The van der Waals surface area contributed by atoms with Crippen molar-refractivity contribution in [3.63, 3.8) is 0 Å². The van der Waals surface area contributed by atoms with Gasteiger partial charge in [-0.05, 0) is 48.9 Å². The largest absolute Gasteiger partial charge is 0.351 e. The molecule has 0 aliphatic rings. The van der Waals surface area contributed by atoms with Gasteiger partial charge in [0.25, 0.3) is 0 Å². The van der Waals surface area contributed by atoms with Crippen LogP contribution < -0.4 is 10.0 Å². The minimum Gasteiger partial charge on any atom is -0.351 e. The highest BCUT2D eigenvalue weighted by Gasteiger charge is 2.22. The van der Waals surface area contributed by atoms with Crippen molar-refractivity contribution < 1.29 is 13.2 Å². The van der Waals surface area contributed by atoms with Crippen LogP contribution in [0, 0.1) is 0 Å². The molecular formula is C16H15Cl3N2O3S. The Morgan fingerprint density at radius 1 is 1.04 bits per heavy atom. The molecule has 0 saturated heterocycles. The van der Waals surface area contributed by atoms with Crippen LogP contribution in [0.4, 0.5) is 0 Å². The minimum atomic E-state index is -3.83. The summed E-state index contributed by atoms with van der Waals surface area (Å²) in [6.07, 6.45) is 0. The van der Waals surface area contributed by atoms with Crippen LogP contribution in [0.15, 0.2) is 47.4 Å². The van der Waals surface area contributed by atoms with E-state index >= 15 is 0 Å². The van der Waals surface area contributed by atoms with Crippen LogP contribution >= 0.6 is 34.8 Å². The minimum absolute atomic E-state index is 0.0253. The van der Waals surface area contributed by atoms with Crippen LogP contribution in [0.1, 0.15) is 12.5 Å². The number of amides is 1. The van der Waals surface area contributed by atoms with Gasteiger partial charge in [-0.3, -0.25) is 4.79 Å². The van der Waals surface area contributed by atoms with Crippen molar-refractivity contribution in [2.75, 3.05) is 0 Å². The summed E-state index contributed by atoms with van der Waals surface area (Å²) in [5.74, 6) is -0.483. The zero-order chi connectivity index (χ0) is 18.6. The summed E-state index contributed by atoms with van der Waals surface area (Å²) in [5.41, 5.74) is 0.673. The van der Waals surface area contributed by atoms with Gasteiger partial charge in [-0.2, -0.15) is 4.72 Å². The van der Waals surface area contributed by atoms with Crippen molar-refractivity contribution in [2.45, 2.75) is 24.4 Å². The van der Waals surface area contributed by atoms with Gasteiger partial charge in [0.05, 0.1) is 10.9 Å². The smallest absolute Gasteiger partial charge is 0.241 e. The molecule has 0 spiro atoms. The average molecular weight is 422 g/mol. The van der Waals surface area contributed by atoms with Crippen LogP contribution in [0.3, 0.4) is 0 Å². The van der Waals surface area contributed by atoms with E-state index in [0.29, 0.717) is 20.6 Å². The normalized spacial score (nSPS) is 12.6. The molecule has 9 heteroatoms. The third-order valence-electron chi connectivity index (χ3n) is 3.32. The second-order valence-corrected chi connectivity index (χ2v) is 8.24. The monoisotopic (exact) mass is 420 g/mol. The molecule has 25 heavy (non-hydrogen) atoms. The molecule has 0 aliphatic carbocycles. The summed E-state index contributed by atoms with van der Waals surface area (Å²) in [7, 11) is -3.83. The lowest BCUT2D eigenvalue weighted by Gasteiger charge is -2.15. The molecular weight excluding hydrogens is 407 g/mol. The number of carbonyl (C=O) groups excluding carboxylic acids is 1. The summed E-state index contributed by atoms with van der Waals surface area (Å²) < 4.78 is 26.8. The van der Waals surface area contributed by atoms with E-state index in [1.807, 2.05) is 0 Å². The Labute approximate surface area is 161 Å². The first-order valence-electron chi connectivity index (χ1n) is 7.18. The zero-order valence-corrected chi connectivity index (χ0v) is 16.2. The molecule has 0 unspecified atom stereocenters. The Kier molecular flexibility index (Phi) is 6.71. The van der Waals surface area contributed by atoms with Gasteiger partial charge in [-0.15, -0.1) is 0 Å². The van der Waals surface area contributed by atoms with E-state index in [2.05, 4.69) is 10.0 Å². The SMILES string of the molecule is C[C@@H](NS(=O)(=O)c1ccc(Cl)cc1)C(=O)NCc1ccc(Cl)cc1Cl. The van der Waals surface area contributed by atoms with Gasteiger partial charge >= 0.3 is 0 Å². The molecule has 0 aliphatic heterocycles. The van der Waals surface area contributed by atoms with Crippen molar-refractivity contribution in [2.24, 2.45) is 0 Å². The van der Waals surface area contributed by atoms with Gasteiger partial charge in [0.1, 0.15) is 0 Å². The molecule has 0 aromatic heterocycles. The van der Waals surface area contributed by atoms with Crippen LogP contribution in [-0.4, -0.2) is 20.4 Å². The number of hydrogen-bond acceptors (Lipinski definition) is 3. The van der Waals surface area contributed by atoms with Crippen LogP contribution in [0.2, 0.25) is 15.1 Å². The van der Waals surface area contributed by atoms with E-state index in [9.17, 15) is 13.2 Å². The Balaban J connectivity index is 1.98. The maximum atomic E-state index is 12.3. The molecule has 5 nitrogen and oxygen atoms in total. The van der Waals surface area contributed by atoms with Crippen molar-refractivity contribution in [1.29, 1.82) is 0 Å². The summed E-state index contributed by atoms with van der Waals surface area (Å²) in [5, 5.41) is 3.96. The topological polar surface area (TPSA) is 75.3 Å². The van der Waals surface area contributed by atoms with Gasteiger partial charge in [0, 0.05) is 21.6 Å². The number of rotatable bonds is 6. The Bertz CT molecular complexity index is 871.